The minimum absolute atomic E-state index is 0.0671. The second-order valence-corrected chi connectivity index (χ2v) is 8.40. The fraction of sp³-hybridized carbons (Fsp3) is 0.474. The van der Waals surface area contributed by atoms with Gasteiger partial charge in [-0.2, -0.15) is 5.10 Å². The number of hydrogen-bond donors (Lipinski definition) is 2. The molecule has 0 spiro atoms. The van der Waals surface area contributed by atoms with Gasteiger partial charge in [-0.3, -0.25) is 9.59 Å². The Morgan fingerprint density at radius 1 is 1.26 bits per heavy atom. The molecule has 1 aliphatic carbocycles. The molecule has 27 heavy (non-hydrogen) atoms. The molecule has 1 unspecified atom stereocenters. The Hall–Kier alpha value is -1.86. The molecule has 0 bridgehead atoms. The summed E-state index contributed by atoms with van der Waals surface area (Å²) in [6, 6.07) is 5.33. The normalized spacial score (nSPS) is 21.7. The molecule has 8 heteroatoms. The van der Waals surface area contributed by atoms with Crippen LogP contribution in [0.5, 0.6) is 0 Å². The van der Waals surface area contributed by atoms with E-state index in [1.807, 2.05) is 13.0 Å². The molecule has 144 valence electrons. The van der Waals surface area contributed by atoms with Gasteiger partial charge in [-0.05, 0) is 50.3 Å². The van der Waals surface area contributed by atoms with Crippen molar-refractivity contribution in [3.63, 3.8) is 0 Å². The Bertz CT molecular complexity index is 784. The molecule has 1 saturated heterocycles. The van der Waals surface area contributed by atoms with Crippen molar-refractivity contribution < 1.29 is 9.59 Å². The van der Waals surface area contributed by atoms with Gasteiger partial charge in [0, 0.05) is 22.8 Å². The molecule has 0 radical (unpaired) electrons. The molecule has 1 saturated carbocycles. The molecular weight excluding hydrogens is 384 g/mol. The number of benzene rings is 1. The monoisotopic (exact) mass is 406 g/mol. The molecule has 1 aromatic carbocycles. The van der Waals surface area contributed by atoms with Crippen LogP contribution < -0.4 is 10.6 Å². The lowest BCUT2D eigenvalue weighted by Crippen LogP contribution is -2.28. The predicted octanol–water partition coefficient (Wildman–Crippen LogP) is 4.27. The highest BCUT2D eigenvalue weighted by atomic mass is 35.5. The van der Waals surface area contributed by atoms with Crippen molar-refractivity contribution in [1.29, 1.82) is 0 Å². The average molecular weight is 407 g/mol. The predicted molar refractivity (Wildman–Crippen MR) is 112 cm³/mol. The zero-order chi connectivity index (χ0) is 19.2. The summed E-state index contributed by atoms with van der Waals surface area (Å²) in [7, 11) is 0. The van der Waals surface area contributed by atoms with E-state index in [0.717, 1.165) is 37.0 Å². The Balaban J connectivity index is 1.55. The van der Waals surface area contributed by atoms with E-state index < -0.39 is 5.25 Å². The third kappa shape index (κ3) is 5.81. The van der Waals surface area contributed by atoms with Gasteiger partial charge < -0.3 is 10.6 Å². The zero-order valence-corrected chi connectivity index (χ0v) is 16.8. The van der Waals surface area contributed by atoms with Gasteiger partial charge in [0.05, 0.1) is 0 Å². The van der Waals surface area contributed by atoms with Crippen molar-refractivity contribution in [1.82, 2.24) is 5.32 Å². The van der Waals surface area contributed by atoms with Crippen LogP contribution in [0.25, 0.3) is 0 Å². The Morgan fingerprint density at radius 2 is 2.00 bits per heavy atom. The number of halogens is 1. The van der Waals surface area contributed by atoms with E-state index in [1.165, 1.54) is 24.6 Å². The zero-order valence-electron chi connectivity index (χ0n) is 15.3. The third-order valence-electron chi connectivity index (χ3n) is 4.57. The lowest BCUT2D eigenvalue weighted by molar-refractivity contribution is -0.122. The van der Waals surface area contributed by atoms with Crippen molar-refractivity contribution in [2.75, 3.05) is 5.32 Å². The van der Waals surface area contributed by atoms with Gasteiger partial charge in [0.2, 0.25) is 11.8 Å². The van der Waals surface area contributed by atoms with Crippen molar-refractivity contribution in [3.8, 4) is 0 Å². The summed E-state index contributed by atoms with van der Waals surface area (Å²) in [5.74, 6) is -0.448. The molecule has 2 aliphatic rings. The molecule has 1 aromatic rings. The highest BCUT2D eigenvalue weighted by Gasteiger charge is 2.32. The third-order valence-corrected chi connectivity index (χ3v) is 6.05. The number of carbonyl (C=O) groups is 2. The number of nitrogens with zero attached hydrogens (tertiary/aromatic N) is 2. The average Bonchev–Trinajstić information content (AvgIpc) is 2.83. The first-order valence-electron chi connectivity index (χ1n) is 9.18. The molecule has 1 atom stereocenters. The molecule has 1 aliphatic heterocycles. The second-order valence-electron chi connectivity index (χ2n) is 6.80. The van der Waals surface area contributed by atoms with Gasteiger partial charge >= 0.3 is 0 Å². The minimum atomic E-state index is -0.501. The number of thioether (sulfide) groups is 1. The number of hydrogen-bond acceptors (Lipinski definition) is 5. The summed E-state index contributed by atoms with van der Waals surface area (Å²) >= 11 is 7.32. The number of amides is 2. The fourth-order valence-corrected chi connectivity index (χ4v) is 4.09. The molecule has 1 heterocycles. The summed E-state index contributed by atoms with van der Waals surface area (Å²) in [5.41, 5.74) is 2.65. The Labute approximate surface area is 168 Å². The highest BCUT2D eigenvalue weighted by molar-refractivity contribution is 8.15. The maximum atomic E-state index is 12.2. The number of aryl methyl sites for hydroxylation is 1. The van der Waals surface area contributed by atoms with Gasteiger partial charge in [-0.15, -0.1) is 5.10 Å². The van der Waals surface area contributed by atoms with Crippen molar-refractivity contribution >= 4 is 51.7 Å². The molecule has 3 rings (SSSR count). The molecular formula is C19H23ClN4O2S. The van der Waals surface area contributed by atoms with Crippen molar-refractivity contribution in [2.24, 2.45) is 10.2 Å². The minimum Gasteiger partial charge on any atom is -0.326 e. The lowest BCUT2D eigenvalue weighted by atomic mass is 10.2. The highest BCUT2D eigenvalue weighted by Crippen LogP contribution is 2.25. The first-order valence-corrected chi connectivity index (χ1v) is 10.4. The van der Waals surface area contributed by atoms with Gasteiger partial charge in [-0.25, -0.2) is 0 Å². The van der Waals surface area contributed by atoms with Crippen LogP contribution in [0, 0.1) is 6.92 Å². The number of rotatable bonds is 4. The second kappa shape index (κ2) is 9.37. The van der Waals surface area contributed by atoms with Crippen LogP contribution in [0.1, 0.15) is 50.5 Å². The van der Waals surface area contributed by atoms with E-state index in [9.17, 15) is 9.59 Å². The van der Waals surface area contributed by atoms with Gasteiger partial charge in [0.25, 0.3) is 0 Å². The number of nitrogens with one attached hydrogen (secondary N) is 2. The maximum Gasteiger partial charge on any atom is 0.240 e. The first kappa shape index (κ1) is 19.9. The molecule has 6 nitrogen and oxygen atoms in total. The number of anilines is 1. The summed E-state index contributed by atoms with van der Waals surface area (Å²) in [6.07, 6.45) is 6.79. The van der Waals surface area contributed by atoms with Crippen LogP contribution in [0.3, 0.4) is 0 Å². The molecule has 0 aromatic heterocycles. The fourth-order valence-electron chi connectivity index (χ4n) is 2.99. The van der Waals surface area contributed by atoms with Crippen LogP contribution in [-0.4, -0.2) is 27.9 Å². The van der Waals surface area contributed by atoms with Crippen LogP contribution in [0.2, 0.25) is 5.02 Å². The number of carbonyl (C=O) groups excluding carboxylic acids is 2. The summed E-state index contributed by atoms with van der Waals surface area (Å²) in [6.45, 7) is 1.90. The largest absolute Gasteiger partial charge is 0.326 e. The Morgan fingerprint density at radius 3 is 2.70 bits per heavy atom. The summed E-state index contributed by atoms with van der Waals surface area (Å²) < 4.78 is 0. The Kier molecular flexibility index (Phi) is 6.90. The van der Waals surface area contributed by atoms with Crippen LogP contribution >= 0.6 is 23.4 Å². The maximum absolute atomic E-state index is 12.2. The molecule has 2 N–H and O–H groups in total. The lowest BCUT2D eigenvalue weighted by Gasteiger charge is -2.08. The van der Waals surface area contributed by atoms with E-state index in [0.29, 0.717) is 15.9 Å². The molecule has 2 fully saturated rings. The topological polar surface area (TPSA) is 82.9 Å². The van der Waals surface area contributed by atoms with Crippen LogP contribution in [-0.2, 0) is 9.59 Å². The smallest absolute Gasteiger partial charge is 0.240 e. The SMILES string of the molecule is Cc1ccc(NC(=O)CC2S/C(=N/N=C3CCCCCC3)NC2=O)cc1Cl. The van der Waals surface area contributed by atoms with Gasteiger partial charge in [0.1, 0.15) is 5.25 Å². The van der Waals surface area contributed by atoms with Crippen LogP contribution in [0.15, 0.2) is 28.4 Å². The van der Waals surface area contributed by atoms with Gasteiger partial charge in [-0.1, -0.05) is 42.3 Å². The van der Waals surface area contributed by atoms with Crippen molar-refractivity contribution in [2.45, 2.75) is 57.1 Å². The van der Waals surface area contributed by atoms with Gasteiger partial charge in [0.15, 0.2) is 5.17 Å². The summed E-state index contributed by atoms with van der Waals surface area (Å²) in [5, 5.41) is 14.5. The van der Waals surface area contributed by atoms with E-state index >= 15 is 0 Å². The standard InChI is InChI=1S/C19H23ClN4O2S/c1-12-8-9-14(10-15(12)20)21-17(25)11-16-18(26)22-19(27-16)24-23-13-6-4-2-3-5-7-13/h8-10,16H,2-7,11H2,1H3,(H,21,25)(H,22,24,26). The van der Waals surface area contributed by atoms with E-state index in [2.05, 4.69) is 20.8 Å². The first-order chi connectivity index (χ1) is 13.0. The van der Waals surface area contributed by atoms with Crippen LogP contribution in [0.4, 0.5) is 5.69 Å². The number of amidine groups is 1. The molecule has 2 amide bonds. The summed E-state index contributed by atoms with van der Waals surface area (Å²) in [4.78, 5) is 24.4. The quantitative estimate of drug-likeness (QED) is 0.578. The van der Waals surface area contributed by atoms with E-state index in [4.69, 9.17) is 11.6 Å². The van der Waals surface area contributed by atoms with Crippen molar-refractivity contribution in [3.05, 3.63) is 28.8 Å². The van der Waals surface area contributed by atoms with E-state index in [1.54, 1.807) is 12.1 Å². The van der Waals surface area contributed by atoms with E-state index in [-0.39, 0.29) is 18.2 Å².